The molecule has 1 amide bonds. The van der Waals surface area contributed by atoms with Crippen LogP contribution in [0.3, 0.4) is 0 Å². The number of aliphatic carboxylic acids is 1. The van der Waals surface area contributed by atoms with Crippen LogP contribution in [0.15, 0.2) is 29.2 Å². The highest BCUT2D eigenvalue weighted by molar-refractivity contribution is 7.89. The van der Waals surface area contributed by atoms with Crippen LogP contribution < -0.4 is 10.0 Å². The second-order valence-electron chi connectivity index (χ2n) is 5.67. The van der Waals surface area contributed by atoms with Crippen LogP contribution in [0.25, 0.3) is 0 Å². The van der Waals surface area contributed by atoms with E-state index in [1.807, 2.05) is 0 Å². The van der Waals surface area contributed by atoms with Crippen molar-refractivity contribution >= 4 is 33.5 Å². The highest BCUT2D eigenvalue weighted by Crippen LogP contribution is 2.15. The third-order valence-electron chi connectivity index (χ3n) is 3.47. The number of amides is 1. The molecule has 0 spiro atoms. The van der Waals surface area contributed by atoms with Crippen LogP contribution in [0, 0.1) is 0 Å². The van der Waals surface area contributed by atoms with Crippen LogP contribution in [-0.4, -0.2) is 37.0 Å². The minimum absolute atomic E-state index is 0.0406. The van der Waals surface area contributed by atoms with E-state index >= 15 is 0 Å². The van der Waals surface area contributed by atoms with Crippen LogP contribution in [0.5, 0.6) is 0 Å². The molecule has 0 aliphatic carbocycles. The summed E-state index contributed by atoms with van der Waals surface area (Å²) in [6, 6.07) is 4.33. The molecule has 3 N–H and O–H groups in total. The zero-order chi connectivity index (χ0) is 18.5. The summed E-state index contributed by atoms with van der Waals surface area (Å²) in [5.41, 5.74) is -1.45. The van der Waals surface area contributed by atoms with E-state index in [-0.39, 0.29) is 11.3 Å². The van der Waals surface area contributed by atoms with Gasteiger partial charge in [0.15, 0.2) is 0 Å². The maximum absolute atomic E-state index is 12.2. The van der Waals surface area contributed by atoms with Crippen LogP contribution in [0.4, 0.5) is 0 Å². The second-order valence-corrected chi connectivity index (χ2v) is 7.82. The summed E-state index contributed by atoms with van der Waals surface area (Å²) in [4.78, 5) is 23.5. The maximum atomic E-state index is 12.2. The number of carboxylic acids is 1. The van der Waals surface area contributed by atoms with Crippen LogP contribution in [0.2, 0.25) is 5.02 Å². The van der Waals surface area contributed by atoms with Crippen molar-refractivity contribution in [2.24, 2.45) is 0 Å². The molecular weight excluding hydrogens is 356 g/mol. The number of carbonyl (C=O) groups excluding carboxylic acids is 1. The van der Waals surface area contributed by atoms with Gasteiger partial charge in [-0.3, -0.25) is 4.79 Å². The Hall–Kier alpha value is -1.64. The van der Waals surface area contributed by atoms with Crippen LogP contribution in [-0.2, 0) is 19.6 Å². The number of nitrogens with one attached hydrogen (secondary N) is 2. The molecule has 1 aromatic carbocycles. The summed E-state index contributed by atoms with van der Waals surface area (Å²) in [6.07, 6.45) is 0.776. The Bertz CT molecular complexity index is 705. The minimum Gasteiger partial charge on any atom is -0.480 e. The number of carboxylic acid groups (broad SMARTS) is 1. The van der Waals surface area contributed by atoms with Crippen molar-refractivity contribution in [1.29, 1.82) is 0 Å². The lowest BCUT2D eigenvalue weighted by Crippen LogP contribution is -2.57. The van der Waals surface area contributed by atoms with E-state index in [9.17, 15) is 23.1 Å². The predicted octanol–water partition coefficient (Wildman–Crippen LogP) is 1.77. The third-order valence-corrected chi connectivity index (χ3v) is 5.28. The fourth-order valence-corrected chi connectivity index (χ4v) is 3.40. The maximum Gasteiger partial charge on any atom is 0.329 e. The zero-order valence-corrected chi connectivity index (χ0v) is 15.2. The molecule has 0 fully saturated rings. The molecule has 134 valence electrons. The number of carbonyl (C=O) groups is 2. The average Bonchev–Trinajstić information content (AvgIpc) is 2.47. The van der Waals surface area contributed by atoms with E-state index in [0.717, 1.165) is 0 Å². The van der Waals surface area contributed by atoms with Gasteiger partial charge in [0.25, 0.3) is 0 Å². The Balaban J connectivity index is 2.86. The standard InChI is InChI=1S/C15H21ClN2O5S/c1-4-9-15(3,14(20)21)17-13(19)10(2)18-24(22,23)12-7-5-11(16)6-8-12/h5-8,10,18H,4,9H2,1-3H3,(H,17,19)(H,20,21). The number of halogens is 1. The summed E-state index contributed by atoms with van der Waals surface area (Å²) in [5, 5.41) is 12.0. The summed E-state index contributed by atoms with van der Waals surface area (Å²) >= 11 is 5.71. The number of sulfonamides is 1. The molecule has 0 radical (unpaired) electrons. The highest BCUT2D eigenvalue weighted by atomic mass is 35.5. The molecule has 24 heavy (non-hydrogen) atoms. The molecule has 1 rings (SSSR count). The molecule has 0 saturated heterocycles. The van der Waals surface area contributed by atoms with Gasteiger partial charge in [-0.1, -0.05) is 24.9 Å². The highest BCUT2D eigenvalue weighted by Gasteiger charge is 2.35. The topological polar surface area (TPSA) is 113 Å². The molecule has 0 aromatic heterocycles. The van der Waals surface area contributed by atoms with Gasteiger partial charge in [-0.15, -0.1) is 0 Å². The fraction of sp³-hybridized carbons (Fsp3) is 0.467. The predicted molar refractivity (Wildman–Crippen MR) is 90.3 cm³/mol. The Morgan fingerprint density at radius 1 is 1.29 bits per heavy atom. The lowest BCUT2D eigenvalue weighted by molar-refractivity contribution is -0.147. The van der Waals surface area contributed by atoms with Gasteiger partial charge >= 0.3 is 5.97 Å². The molecule has 7 nitrogen and oxygen atoms in total. The van der Waals surface area contributed by atoms with Crippen molar-refractivity contribution in [3.05, 3.63) is 29.3 Å². The van der Waals surface area contributed by atoms with Gasteiger partial charge in [-0.05, 0) is 44.5 Å². The molecule has 0 aliphatic rings. The number of benzene rings is 1. The van der Waals surface area contributed by atoms with E-state index < -0.39 is 33.5 Å². The second kappa shape index (κ2) is 7.96. The molecule has 0 saturated carbocycles. The van der Waals surface area contributed by atoms with Crippen molar-refractivity contribution in [2.75, 3.05) is 0 Å². The summed E-state index contributed by atoms with van der Waals surface area (Å²) in [5.74, 6) is -1.89. The molecular formula is C15H21ClN2O5S. The third kappa shape index (κ3) is 5.19. The van der Waals surface area contributed by atoms with Crippen LogP contribution >= 0.6 is 11.6 Å². The van der Waals surface area contributed by atoms with E-state index in [2.05, 4.69) is 10.0 Å². The van der Waals surface area contributed by atoms with Gasteiger partial charge in [-0.25, -0.2) is 13.2 Å². The van der Waals surface area contributed by atoms with Crippen molar-refractivity contribution in [1.82, 2.24) is 10.0 Å². The monoisotopic (exact) mass is 376 g/mol. The molecule has 0 bridgehead atoms. The quantitative estimate of drug-likeness (QED) is 0.640. The lowest BCUT2D eigenvalue weighted by Gasteiger charge is -2.27. The van der Waals surface area contributed by atoms with Gasteiger partial charge in [0.2, 0.25) is 15.9 Å². The molecule has 9 heteroatoms. The Labute approximate surface area is 146 Å². The SMILES string of the molecule is CCCC(C)(NC(=O)C(C)NS(=O)(=O)c1ccc(Cl)cc1)C(=O)O. The van der Waals surface area contributed by atoms with Gasteiger partial charge in [0.1, 0.15) is 5.54 Å². The molecule has 0 aliphatic heterocycles. The first-order valence-corrected chi connectivity index (χ1v) is 9.21. The molecule has 1 aromatic rings. The Kier molecular flexibility index (Phi) is 6.76. The van der Waals surface area contributed by atoms with E-state index in [1.54, 1.807) is 6.92 Å². The fourth-order valence-electron chi connectivity index (χ4n) is 2.07. The van der Waals surface area contributed by atoms with Crippen molar-refractivity contribution in [2.45, 2.75) is 50.1 Å². The number of hydrogen-bond acceptors (Lipinski definition) is 4. The lowest BCUT2D eigenvalue weighted by atomic mass is 9.96. The average molecular weight is 377 g/mol. The van der Waals surface area contributed by atoms with Crippen molar-refractivity contribution in [3.63, 3.8) is 0 Å². The largest absolute Gasteiger partial charge is 0.480 e. The smallest absolute Gasteiger partial charge is 0.329 e. The molecule has 2 unspecified atom stereocenters. The van der Waals surface area contributed by atoms with Crippen molar-refractivity contribution < 1.29 is 23.1 Å². The first kappa shape index (κ1) is 20.4. The minimum atomic E-state index is -3.93. The first-order chi connectivity index (χ1) is 11.0. The van der Waals surface area contributed by atoms with E-state index in [1.165, 1.54) is 38.1 Å². The number of rotatable bonds is 8. The first-order valence-electron chi connectivity index (χ1n) is 7.35. The molecule has 0 heterocycles. The van der Waals surface area contributed by atoms with Crippen molar-refractivity contribution in [3.8, 4) is 0 Å². The zero-order valence-electron chi connectivity index (χ0n) is 13.7. The number of hydrogen-bond donors (Lipinski definition) is 3. The van der Waals surface area contributed by atoms with Gasteiger partial charge < -0.3 is 10.4 Å². The Morgan fingerprint density at radius 3 is 2.29 bits per heavy atom. The Morgan fingerprint density at radius 2 is 1.83 bits per heavy atom. The summed E-state index contributed by atoms with van der Waals surface area (Å²) < 4.78 is 26.7. The van der Waals surface area contributed by atoms with E-state index in [0.29, 0.717) is 11.4 Å². The van der Waals surface area contributed by atoms with Gasteiger partial charge in [0.05, 0.1) is 10.9 Å². The summed E-state index contributed by atoms with van der Waals surface area (Å²) in [7, 11) is -3.93. The van der Waals surface area contributed by atoms with Gasteiger partial charge in [0, 0.05) is 5.02 Å². The van der Waals surface area contributed by atoms with Crippen LogP contribution in [0.1, 0.15) is 33.6 Å². The van der Waals surface area contributed by atoms with Gasteiger partial charge in [-0.2, -0.15) is 4.72 Å². The molecule has 2 atom stereocenters. The van der Waals surface area contributed by atoms with E-state index in [4.69, 9.17) is 11.6 Å². The normalized spacial score (nSPS) is 15.3. The summed E-state index contributed by atoms with van der Waals surface area (Å²) in [6.45, 7) is 4.52.